The van der Waals surface area contributed by atoms with Crippen molar-refractivity contribution in [3.05, 3.63) is 60.6 Å². The number of hydrogen-bond acceptors (Lipinski definition) is 1. The fraction of sp³-hybridized carbons (Fsp3) is 0.0769. The summed E-state index contributed by atoms with van der Waals surface area (Å²) in [5.74, 6) is 0. The van der Waals surface area contributed by atoms with Gasteiger partial charge in [-0.2, -0.15) is 0 Å². The van der Waals surface area contributed by atoms with Crippen LogP contribution in [0, 0.1) is 3.57 Å². The van der Waals surface area contributed by atoms with Crippen molar-refractivity contribution in [2.45, 2.75) is 6.54 Å². The Balaban J connectivity index is 2.16. The molecule has 0 fully saturated rings. The quantitative estimate of drug-likeness (QED) is 0.623. The van der Waals surface area contributed by atoms with Gasteiger partial charge in [0.25, 0.3) is 0 Å². The predicted octanol–water partition coefficient (Wildman–Crippen LogP) is 5.86. The SMILES string of the molecule is Clc1cc(Cl)c(NCc2cccc(I)c2)c(Cl)c1. The van der Waals surface area contributed by atoms with Crippen molar-refractivity contribution >= 4 is 63.1 Å². The molecule has 0 spiro atoms. The molecule has 2 aromatic carbocycles. The monoisotopic (exact) mass is 411 g/mol. The van der Waals surface area contributed by atoms with Gasteiger partial charge in [0.15, 0.2) is 0 Å². The molecule has 0 aliphatic rings. The van der Waals surface area contributed by atoms with E-state index in [0.717, 1.165) is 0 Å². The van der Waals surface area contributed by atoms with E-state index in [0.29, 0.717) is 27.3 Å². The normalized spacial score (nSPS) is 10.4. The van der Waals surface area contributed by atoms with E-state index >= 15 is 0 Å². The lowest BCUT2D eigenvalue weighted by molar-refractivity contribution is 1.15. The Morgan fingerprint density at radius 2 is 1.67 bits per heavy atom. The average Bonchev–Trinajstić information content (AvgIpc) is 2.27. The molecule has 0 bridgehead atoms. The lowest BCUT2D eigenvalue weighted by Crippen LogP contribution is -2.00. The molecule has 2 aromatic rings. The standard InChI is InChI=1S/C13H9Cl3IN/c14-9-5-11(15)13(12(16)6-9)18-7-8-2-1-3-10(17)4-8/h1-6,18H,7H2. The molecule has 0 saturated heterocycles. The van der Waals surface area contributed by atoms with Crippen LogP contribution in [0.5, 0.6) is 0 Å². The molecular weight excluding hydrogens is 403 g/mol. The van der Waals surface area contributed by atoms with E-state index in [-0.39, 0.29) is 0 Å². The first-order valence-electron chi connectivity index (χ1n) is 5.19. The second kappa shape index (κ2) is 6.33. The molecule has 2 rings (SSSR count). The first-order chi connectivity index (χ1) is 8.56. The Bertz CT molecular complexity index is 549. The second-order valence-electron chi connectivity index (χ2n) is 3.73. The van der Waals surface area contributed by atoms with Gasteiger partial charge in [-0.25, -0.2) is 0 Å². The van der Waals surface area contributed by atoms with Gasteiger partial charge in [0.05, 0.1) is 15.7 Å². The molecule has 1 N–H and O–H groups in total. The lowest BCUT2D eigenvalue weighted by Gasteiger charge is -2.11. The molecule has 1 nitrogen and oxygen atoms in total. The van der Waals surface area contributed by atoms with Crippen LogP contribution in [0.25, 0.3) is 0 Å². The molecule has 0 amide bonds. The lowest BCUT2D eigenvalue weighted by atomic mass is 10.2. The molecule has 0 saturated carbocycles. The fourth-order valence-corrected chi connectivity index (χ4v) is 3.11. The van der Waals surface area contributed by atoms with Crippen LogP contribution >= 0.6 is 57.4 Å². The van der Waals surface area contributed by atoms with Gasteiger partial charge in [0, 0.05) is 15.1 Å². The molecule has 18 heavy (non-hydrogen) atoms. The molecule has 0 heterocycles. The zero-order valence-corrected chi connectivity index (χ0v) is 13.6. The van der Waals surface area contributed by atoms with E-state index in [2.05, 4.69) is 34.0 Å². The summed E-state index contributed by atoms with van der Waals surface area (Å²) in [5.41, 5.74) is 1.88. The van der Waals surface area contributed by atoms with Crippen LogP contribution in [0.1, 0.15) is 5.56 Å². The summed E-state index contributed by atoms with van der Waals surface area (Å²) < 4.78 is 1.19. The molecular formula is C13H9Cl3IN. The number of nitrogens with one attached hydrogen (secondary N) is 1. The topological polar surface area (TPSA) is 12.0 Å². The summed E-state index contributed by atoms with van der Waals surface area (Å²) in [6.07, 6.45) is 0. The van der Waals surface area contributed by atoms with E-state index in [9.17, 15) is 0 Å². The van der Waals surface area contributed by atoms with E-state index in [1.165, 1.54) is 9.13 Å². The second-order valence-corrected chi connectivity index (χ2v) is 6.22. The summed E-state index contributed by atoms with van der Waals surface area (Å²) >= 11 is 20.3. The molecule has 0 aliphatic heterocycles. The van der Waals surface area contributed by atoms with Gasteiger partial charge in [-0.3, -0.25) is 0 Å². The maximum atomic E-state index is 6.10. The first-order valence-corrected chi connectivity index (χ1v) is 7.40. The van der Waals surface area contributed by atoms with Crippen molar-refractivity contribution in [2.24, 2.45) is 0 Å². The Morgan fingerprint density at radius 1 is 1.00 bits per heavy atom. The van der Waals surface area contributed by atoms with Gasteiger partial charge in [-0.1, -0.05) is 46.9 Å². The summed E-state index contributed by atoms with van der Waals surface area (Å²) in [4.78, 5) is 0. The third-order valence-electron chi connectivity index (χ3n) is 2.37. The van der Waals surface area contributed by atoms with Crippen LogP contribution in [-0.4, -0.2) is 0 Å². The highest BCUT2D eigenvalue weighted by Gasteiger charge is 2.07. The third kappa shape index (κ3) is 3.67. The number of benzene rings is 2. The molecule has 0 aliphatic carbocycles. The maximum Gasteiger partial charge on any atom is 0.0722 e. The number of hydrogen-bond donors (Lipinski definition) is 1. The molecule has 5 heteroatoms. The van der Waals surface area contributed by atoms with E-state index in [4.69, 9.17) is 34.8 Å². The van der Waals surface area contributed by atoms with Gasteiger partial charge in [-0.05, 0) is 52.4 Å². The van der Waals surface area contributed by atoms with E-state index < -0.39 is 0 Å². The van der Waals surface area contributed by atoms with Crippen LogP contribution in [0.15, 0.2) is 36.4 Å². The average molecular weight is 412 g/mol. The van der Waals surface area contributed by atoms with Crippen LogP contribution in [0.2, 0.25) is 15.1 Å². The summed E-state index contributed by atoms with van der Waals surface area (Å²) in [6, 6.07) is 11.6. The predicted molar refractivity (Wildman–Crippen MR) is 88.0 cm³/mol. The summed E-state index contributed by atoms with van der Waals surface area (Å²) in [7, 11) is 0. The molecule has 0 atom stereocenters. The minimum Gasteiger partial charge on any atom is -0.379 e. The third-order valence-corrected chi connectivity index (χ3v) is 3.85. The smallest absolute Gasteiger partial charge is 0.0722 e. The highest BCUT2D eigenvalue weighted by Crippen LogP contribution is 2.33. The number of rotatable bonds is 3. The zero-order valence-electron chi connectivity index (χ0n) is 9.18. The Hall–Kier alpha value is -0.160. The van der Waals surface area contributed by atoms with Crippen LogP contribution in [0.3, 0.4) is 0 Å². The van der Waals surface area contributed by atoms with Crippen LogP contribution < -0.4 is 5.32 Å². The van der Waals surface area contributed by atoms with Crippen molar-refractivity contribution in [3.63, 3.8) is 0 Å². The highest BCUT2D eigenvalue weighted by atomic mass is 127. The highest BCUT2D eigenvalue weighted by molar-refractivity contribution is 14.1. The number of anilines is 1. The van der Waals surface area contributed by atoms with Crippen molar-refractivity contribution in [1.82, 2.24) is 0 Å². The van der Waals surface area contributed by atoms with Crippen molar-refractivity contribution < 1.29 is 0 Å². The summed E-state index contributed by atoms with van der Waals surface area (Å²) in [5, 5.41) is 4.81. The Kier molecular flexibility index (Phi) is 5.01. The fourth-order valence-electron chi connectivity index (χ4n) is 1.55. The zero-order chi connectivity index (χ0) is 13.1. The summed E-state index contributed by atoms with van der Waals surface area (Å²) in [6.45, 7) is 0.665. The van der Waals surface area contributed by atoms with Gasteiger partial charge < -0.3 is 5.32 Å². The molecule has 94 valence electrons. The molecule has 0 radical (unpaired) electrons. The Morgan fingerprint density at radius 3 is 2.28 bits per heavy atom. The minimum atomic E-state index is 0.526. The van der Waals surface area contributed by atoms with Crippen molar-refractivity contribution in [2.75, 3.05) is 5.32 Å². The minimum absolute atomic E-state index is 0.526. The van der Waals surface area contributed by atoms with Crippen LogP contribution in [-0.2, 0) is 6.54 Å². The van der Waals surface area contributed by atoms with Crippen molar-refractivity contribution in [1.29, 1.82) is 0 Å². The van der Waals surface area contributed by atoms with E-state index in [1.807, 2.05) is 18.2 Å². The van der Waals surface area contributed by atoms with Crippen LogP contribution in [0.4, 0.5) is 5.69 Å². The number of halogens is 4. The largest absolute Gasteiger partial charge is 0.379 e. The van der Waals surface area contributed by atoms with Gasteiger partial charge >= 0.3 is 0 Å². The van der Waals surface area contributed by atoms with Gasteiger partial charge in [0.2, 0.25) is 0 Å². The Labute approximate surface area is 135 Å². The van der Waals surface area contributed by atoms with Gasteiger partial charge in [-0.15, -0.1) is 0 Å². The maximum absolute atomic E-state index is 6.10. The van der Waals surface area contributed by atoms with Crippen molar-refractivity contribution in [3.8, 4) is 0 Å². The first kappa shape index (κ1) is 14.3. The van der Waals surface area contributed by atoms with Gasteiger partial charge in [0.1, 0.15) is 0 Å². The molecule has 0 aromatic heterocycles. The van der Waals surface area contributed by atoms with E-state index in [1.54, 1.807) is 12.1 Å². The molecule has 0 unspecified atom stereocenters.